The smallest absolute Gasteiger partial charge is 0.160 e. The van der Waals surface area contributed by atoms with Crippen molar-refractivity contribution in [1.82, 2.24) is 9.97 Å². The summed E-state index contributed by atoms with van der Waals surface area (Å²) in [6.45, 7) is 4.68. The molecule has 2 heterocycles. The summed E-state index contributed by atoms with van der Waals surface area (Å²) in [5, 5.41) is 2.10. The molecule has 4 heteroatoms. The van der Waals surface area contributed by atoms with Crippen molar-refractivity contribution in [3.8, 4) is 56.2 Å². The minimum Gasteiger partial charge on any atom is -0.456 e. The Labute approximate surface area is 343 Å². The zero-order valence-electron chi connectivity index (χ0n) is 32.8. The molecule has 280 valence electrons. The number of rotatable bonds is 7. The van der Waals surface area contributed by atoms with Crippen molar-refractivity contribution < 1.29 is 4.42 Å². The van der Waals surface area contributed by atoms with Crippen LogP contribution in [0, 0.1) is 0 Å². The van der Waals surface area contributed by atoms with Gasteiger partial charge in [0.1, 0.15) is 11.2 Å². The molecular weight excluding hydrogens is 719 g/mol. The largest absolute Gasteiger partial charge is 0.456 e. The molecule has 0 aliphatic heterocycles. The lowest BCUT2D eigenvalue weighted by Gasteiger charge is -2.29. The molecule has 0 saturated carbocycles. The van der Waals surface area contributed by atoms with Crippen LogP contribution >= 0.6 is 0 Å². The highest BCUT2D eigenvalue weighted by Gasteiger charge is 2.36. The third-order valence-electron chi connectivity index (χ3n) is 11.9. The van der Waals surface area contributed by atoms with Gasteiger partial charge in [0.15, 0.2) is 5.82 Å². The standard InChI is InChI=1S/C55H39N3O/c1-55(2)46-24-14-12-22-43(46)44-31-30-42(34-47(44)55)58(41-28-26-37(27-29-41)36-16-6-3-7-17-36)50-32-40(33-52-53(50)45-23-13-15-25-51(45)59-52)49-35-48(38-18-8-4-9-19-38)56-54(57-49)39-20-10-5-11-21-39/h3-35H,1-2H3. The van der Waals surface area contributed by atoms with Gasteiger partial charge in [0.05, 0.1) is 22.5 Å². The zero-order valence-corrected chi connectivity index (χ0v) is 32.8. The molecule has 0 unspecified atom stereocenters. The Morgan fingerprint density at radius 3 is 1.75 bits per heavy atom. The molecule has 10 aromatic rings. The fraction of sp³-hybridized carbons (Fsp3) is 0.0545. The van der Waals surface area contributed by atoms with Gasteiger partial charge in [0, 0.05) is 38.9 Å². The predicted molar refractivity (Wildman–Crippen MR) is 243 cm³/mol. The number of anilines is 3. The van der Waals surface area contributed by atoms with Gasteiger partial charge in [-0.15, -0.1) is 0 Å². The van der Waals surface area contributed by atoms with Gasteiger partial charge in [-0.25, -0.2) is 9.97 Å². The van der Waals surface area contributed by atoms with E-state index in [2.05, 4.69) is 189 Å². The molecule has 1 aliphatic carbocycles. The summed E-state index contributed by atoms with van der Waals surface area (Å²) in [6.07, 6.45) is 0. The van der Waals surface area contributed by atoms with Crippen molar-refractivity contribution in [1.29, 1.82) is 0 Å². The number of benzene rings is 8. The number of aromatic nitrogens is 2. The number of nitrogens with zero attached hydrogens (tertiary/aromatic N) is 3. The molecule has 0 amide bonds. The Bertz CT molecular complexity index is 3110. The molecule has 8 aromatic carbocycles. The first-order valence-corrected chi connectivity index (χ1v) is 20.2. The van der Waals surface area contributed by atoms with Crippen molar-refractivity contribution in [2.24, 2.45) is 0 Å². The SMILES string of the molecule is CC1(C)c2ccccc2-c2ccc(N(c3ccc(-c4ccccc4)cc3)c3cc(-c4cc(-c5ccccc5)nc(-c5ccccc5)n4)cc4oc5ccccc5c34)cc21. The molecular formula is C55H39N3O. The van der Waals surface area contributed by atoms with Crippen LogP contribution in [-0.4, -0.2) is 9.97 Å². The van der Waals surface area contributed by atoms with E-state index in [1.54, 1.807) is 0 Å². The highest BCUT2D eigenvalue weighted by Crippen LogP contribution is 2.52. The van der Waals surface area contributed by atoms with Gasteiger partial charge in [-0.05, 0) is 81.9 Å². The average molecular weight is 758 g/mol. The van der Waals surface area contributed by atoms with Gasteiger partial charge in [0.25, 0.3) is 0 Å². The second-order valence-electron chi connectivity index (χ2n) is 15.8. The van der Waals surface area contributed by atoms with E-state index < -0.39 is 0 Å². The molecule has 0 N–H and O–H groups in total. The summed E-state index contributed by atoms with van der Waals surface area (Å²) in [5.41, 5.74) is 16.7. The van der Waals surface area contributed by atoms with E-state index in [1.807, 2.05) is 30.3 Å². The molecule has 11 rings (SSSR count). The minimum atomic E-state index is -0.174. The highest BCUT2D eigenvalue weighted by atomic mass is 16.3. The third kappa shape index (κ3) is 5.92. The van der Waals surface area contributed by atoms with Gasteiger partial charge >= 0.3 is 0 Å². The van der Waals surface area contributed by atoms with Gasteiger partial charge < -0.3 is 9.32 Å². The van der Waals surface area contributed by atoms with Gasteiger partial charge in [0.2, 0.25) is 0 Å². The maximum Gasteiger partial charge on any atom is 0.160 e. The topological polar surface area (TPSA) is 42.2 Å². The van der Waals surface area contributed by atoms with E-state index in [9.17, 15) is 0 Å². The summed E-state index contributed by atoms with van der Waals surface area (Å²) in [4.78, 5) is 12.8. The molecule has 4 nitrogen and oxygen atoms in total. The molecule has 0 atom stereocenters. The predicted octanol–water partition coefficient (Wildman–Crippen LogP) is 14.8. The molecule has 0 spiro atoms. The number of fused-ring (bicyclic) bond motifs is 6. The maximum atomic E-state index is 6.76. The Morgan fingerprint density at radius 2 is 1.00 bits per heavy atom. The van der Waals surface area contributed by atoms with Crippen LogP contribution in [0.15, 0.2) is 205 Å². The Hall–Kier alpha value is -7.56. The average Bonchev–Trinajstić information content (AvgIpc) is 3.79. The van der Waals surface area contributed by atoms with Crippen LogP contribution < -0.4 is 4.90 Å². The first-order valence-electron chi connectivity index (χ1n) is 20.2. The normalized spacial score (nSPS) is 12.7. The summed E-state index contributed by atoms with van der Waals surface area (Å²) < 4.78 is 6.76. The monoisotopic (exact) mass is 757 g/mol. The van der Waals surface area contributed by atoms with Crippen molar-refractivity contribution >= 4 is 39.0 Å². The number of hydrogen-bond acceptors (Lipinski definition) is 4. The summed E-state index contributed by atoms with van der Waals surface area (Å²) in [5.74, 6) is 0.669. The summed E-state index contributed by atoms with van der Waals surface area (Å²) in [6, 6.07) is 70.7. The molecule has 0 saturated heterocycles. The van der Waals surface area contributed by atoms with Gasteiger partial charge in [-0.1, -0.05) is 166 Å². The van der Waals surface area contributed by atoms with Crippen LogP contribution in [0.1, 0.15) is 25.0 Å². The van der Waals surface area contributed by atoms with Crippen LogP contribution in [0.2, 0.25) is 0 Å². The summed E-state index contributed by atoms with van der Waals surface area (Å²) >= 11 is 0. The van der Waals surface area contributed by atoms with Crippen molar-refractivity contribution in [3.63, 3.8) is 0 Å². The highest BCUT2D eigenvalue weighted by molar-refractivity contribution is 6.14. The molecule has 1 aliphatic rings. The summed E-state index contributed by atoms with van der Waals surface area (Å²) in [7, 11) is 0. The fourth-order valence-corrected chi connectivity index (χ4v) is 8.92. The van der Waals surface area contributed by atoms with E-state index in [-0.39, 0.29) is 5.41 Å². The van der Waals surface area contributed by atoms with Crippen LogP contribution in [0.25, 0.3) is 78.1 Å². The van der Waals surface area contributed by atoms with Crippen LogP contribution in [0.4, 0.5) is 17.1 Å². The van der Waals surface area contributed by atoms with E-state index in [1.165, 1.54) is 27.8 Å². The van der Waals surface area contributed by atoms with E-state index in [0.717, 1.165) is 72.6 Å². The first-order chi connectivity index (χ1) is 29.0. The molecule has 59 heavy (non-hydrogen) atoms. The Morgan fingerprint density at radius 1 is 0.424 bits per heavy atom. The minimum absolute atomic E-state index is 0.174. The fourth-order valence-electron chi connectivity index (χ4n) is 8.92. The molecule has 0 bridgehead atoms. The quantitative estimate of drug-likeness (QED) is 0.162. The molecule has 0 radical (unpaired) electrons. The second-order valence-corrected chi connectivity index (χ2v) is 15.8. The van der Waals surface area contributed by atoms with Crippen LogP contribution in [0.3, 0.4) is 0 Å². The number of para-hydroxylation sites is 1. The van der Waals surface area contributed by atoms with E-state index >= 15 is 0 Å². The van der Waals surface area contributed by atoms with Gasteiger partial charge in [-0.2, -0.15) is 0 Å². The van der Waals surface area contributed by atoms with Gasteiger partial charge in [-0.3, -0.25) is 0 Å². The lowest BCUT2D eigenvalue weighted by molar-refractivity contribution is 0.660. The maximum absolute atomic E-state index is 6.76. The lowest BCUT2D eigenvalue weighted by atomic mass is 9.82. The van der Waals surface area contributed by atoms with Crippen molar-refractivity contribution in [2.45, 2.75) is 19.3 Å². The lowest BCUT2D eigenvalue weighted by Crippen LogP contribution is -2.16. The van der Waals surface area contributed by atoms with Crippen LogP contribution in [-0.2, 0) is 5.41 Å². The number of hydrogen-bond donors (Lipinski definition) is 0. The molecule has 0 fully saturated rings. The second kappa shape index (κ2) is 13.8. The van der Waals surface area contributed by atoms with E-state index in [4.69, 9.17) is 14.4 Å². The third-order valence-corrected chi connectivity index (χ3v) is 11.9. The first kappa shape index (κ1) is 34.7. The zero-order chi connectivity index (χ0) is 39.5. The van der Waals surface area contributed by atoms with Crippen molar-refractivity contribution in [2.75, 3.05) is 4.90 Å². The number of furan rings is 1. The van der Waals surface area contributed by atoms with E-state index in [0.29, 0.717) is 5.82 Å². The Balaban J connectivity index is 1.18. The Kier molecular flexibility index (Phi) is 8.12. The molecule has 2 aromatic heterocycles. The van der Waals surface area contributed by atoms with Crippen molar-refractivity contribution in [3.05, 3.63) is 211 Å². The van der Waals surface area contributed by atoms with Crippen LogP contribution in [0.5, 0.6) is 0 Å².